The van der Waals surface area contributed by atoms with Crippen molar-refractivity contribution in [1.82, 2.24) is 0 Å². The molecule has 0 bridgehead atoms. The maximum absolute atomic E-state index is 12.9. The van der Waals surface area contributed by atoms with E-state index in [2.05, 4.69) is 13.2 Å². The molecule has 8 heteroatoms. The van der Waals surface area contributed by atoms with Gasteiger partial charge in [0, 0.05) is 11.1 Å². The van der Waals surface area contributed by atoms with E-state index in [1.54, 1.807) is 13.8 Å². The Hall–Kier alpha value is -1.43. The Morgan fingerprint density at radius 3 is 1.47 bits per heavy atom. The van der Waals surface area contributed by atoms with Crippen LogP contribution in [-0.2, 0) is 32.7 Å². The third-order valence-corrected chi connectivity index (χ3v) is 6.12. The number of hydrogen-bond donors (Lipinski definition) is 0. The van der Waals surface area contributed by atoms with Crippen LogP contribution in [0.15, 0.2) is 24.3 Å². The fourth-order valence-electron chi connectivity index (χ4n) is 2.26. The summed E-state index contributed by atoms with van der Waals surface area (Å²) in [5.74, 6) is -0.754. The van der Waals surface area contributed by atoms with Crippen LogP contribution in [0.5, 0.6) is 0 Å². The summed E-state index contributed by atoms with van der Waals surface area (Å²) in [6, 6.07) is 0. The average Bonchev–Trinajstić information content (AvgIpc) is 2.70. The SMILES string of the molecule is C=C(C)C(=O)OCCCCCOP(=O)(CCCC)OCCCCCOC(=O)C(=C)C. The molecule has 0 radical (unpaired) electrons. The lowest BCUT2D eigenvalue weighted by Crippen LogP contribution is -2.07. The van der Waals surface area contributed by atoms with Crippen LogP contribution in [-0.4, -0.2) is 44.5 Å². The van der Waals surface area contributed by atoms with Gasteiger partial charge in [0.1, 0.15) is 0 Å². The molecule has 0 amide bonds. The highest BCUT2D eigenvalue weighted by atomic mass is 31.2. The molecule has 0 rings (SSSR count). The molecule has 0 saturated heterocycles. The van der Waals surface area contributed by atoms with Gasteiger partial charge in [-0.2, -0.15) is 0 Å². The second-order valence-electron chi connectivity index (χ2n) is 7.31. The van der Waals surface area contributed by atoms with Gasteiger partial charge in [0.2, 0.25) is 0 Å². The number of carbonyl (C=O) groups excluding carboxylic acids is 2. The molecule has 0 aliphatic rings. The van der Waals surface area contributed by atoms with Crippen LogP contribution >= 0.6 is 7.60 Å². The second kappa shape index (κ2) is 17.3. The molecule has 0 aromatic rings. The largest absolute Gasteiger partial charge is 0.462 e. The molecule has 0 atom stereocenters. The van der Waals surface area contributed by atoms with Gasteiger partial charge >= 0.3 is 19.5 Å². The van der Waals surface area contributed by atoms with Crippen LogP contribution in [0.1, 0.15) is 72.1 Å². The predicted octanol–water partition coefficient (Wildman–Crippen LogP) is 5.59. The summed E-state index contributed by atoms with van der Waals surface area (Å²) in [5.41, 5.74) is 0.778. The summed E-state index contributed by atoms with van der Waals surface area (Å²) < 4.78 is 34.2. The molecule has 0 aromatic heterocycles. The molecular weight excluding hydrogens is 407 g/mol. The number of rotatable bonds is 19. The number of esters is 2. The minimum atomic E-state index is -3.10. The molecule has 0 aromatic carbocycles. The molecule has 0 aliphatic carbocycles. The molecule has 0 saturated carbocycles. The van der Waals surface area contributed by atoms with Gasteiger partial charge < -0.3 is 18.5 Å². The molecule has 0 aliphatic heterocycles. The normalized spacial score (nSPS) is 11.2. The molecule has 0 fully saturated rings. The summed E-state index contributed by atoms with van der Waals surface area (Å²) in [7, 11) is -3.10. The first-order valence-electron chi connectivity index (χ1n) is 10.7. The van der Waals surface area contributed by atoms with Gasteiger partial charge in [0.15, 0.2) is 0 Å². The van der Waals surface area contributed by atoms with Crippen molar-refractivity contribution >= 4 is 19.5 Å². The highest BCUT2D eigenvalue weighted by Crippen LogP contribution is 2.49. The number of carbonyl (C=O) groups is 2. The second-order valence-corrected chi connectivity index (χ2v) is 9.49. The Morgan fingerprint density at radius 2 is 1.10 bits per heavy atom. The number of unbranched alkanes of at least 4 members (excludes halogenated alkanes) is 5. The van der Waals surface area contributed by atoms with Gasteiger partial charge in [-0.15, -0.1) is 0 Å². The topological polar surface area (TPSA) is 88.1 Å². The quantitative estimate of drug-likeness (QED) is 0.111. The van der Waals surface area contributed by atoms with E-state index < -0.39 is 7.60 Å². The Bertz CT molecular complexity index is 542. The highest BCUT2D eigenvalue weighted by Gasteiger charge is 2.23. The molecule has 0 heterocycles. The third kappa shape index (κ3) is 15.4. The monoisotopic (exact) mass is 446 g/mol. The van der Waals surface area contributed by atoms with Crippen molar-refractivity contribution in [3.63, 3.8) is 0 Å². The van der Waals surface area contributed by atoms with Gasteiger partial charge in [0.05, 0.1) is 32.6 Å². The molecule has 7 nitrogen and oxygen atoms in total. The molecule has 30 heavy (non-hydrogen) atoms. The number of hydrogen-bond acceptors (Lipinski definition) is 7. The lowest BCUT2D eigenvalue weighted by Gasteiger charge is -2.18. The van der Waals surface area contributed by atoms with Gasteiger partial charge in [0.25, 0.3) is 0 Å². The molecule has 0 N–H and O–H groups in total. The first-order chi connectivity index (χ1) is 14.2. The zero-order valence-corrected chi connectivity index (χ0v) is 19.8. The van der Waals surface area contributed by atoms with Crippen molar-refractivity contribution in [1.29, 1.82) is 0 Å². The van der Waals surface area contributed by atoms with E-state index in [0.29, 0.717) is 43.7 Å². The average molecular weight is 447 g/mol. The van der Waals surface area contributed by atoms with E-state index in [-0.39, 0.29) is 11.9 Å². The highest BCUT2D eigenvalue weighted by molar-refractivity contribution is 7.53. The van der Waals surface area contributed by atoms with Crippen molar-refractivity contribution in [3.05, 3.63) is 24.3 Å². The first kappa shape index (κ1) is 28.6. The van der Waals surface area contributed by atoms with E-state index in [1.807, 2.05) is 6.92 Å². The maximum Gasteiger partial charge on any atom is 0.333 e. The van der Waals surface area contributed by atoms with Gasteiger partial charge in [-0.05, 0) is 58.8 Å². The predicted molar refractivity (Wildman–Crippen MR) is 119 cm³/mol. The Kier molecular flexibility index (Phi) is 16.4. The Morgan fingerprint density at radius 1 is 0.700 bits per heavy atom. The molecule has 174 valence electrons. The summed E-state index contributed by atoms with van der Waals surface area (Å²) in [5, 5.41) is 0. The van der Waals surface area contributed by atoms with E-state index >= 15 is 0 Å². The first-order valence-corrected chi connectivity index (χ1v) is 12.5. The van der Waals surface area contributed by atoms with Crippen LogP contribution in [0.3, 0.4) is 0 Å². The lowest BCUT2D eigenvalue weighted by atomic mass is 10.2. The summed E-state index contributed by atoms with van der Waals surface area (Å²) in [6.45, 7) is 13.7. The molecular formula is C22H39O7P. The Balaban J connectivity index is 3.98. The molecule has 0 spiro atoms. The minimum Gasteiger partial charge on any atom is -0.462 e. The fourth-order valence-corrected chi connectivity index (χ4v) is 4.11. The van der Waals surface area contributed by atoms with E-state index in [9.17, 15) is 14.2 Å². The van der Waals surface area contributed by atoms with Crippen LogP contribution in [0.2, 0.25) is 0 Å². The fraction of sp³-hybridized carbons (Fsp3) is 0.727. The summed E-state index contributed by atoms with van der Waals surface area (Å²) >= 11 is 0. The maximum atomic E-state index is 12.9. The van der Waals surface area contributed by atoms with Crippen molar-refractivity contribution in [2.24, 2.45) is 0 Å². The van der Waals surface area contributed by atoms with Crippen molar-refractivity contribution in [2.75, 3.05) is 32.6 Å². The van der Waals surface area contributed by atoms with Gasteiger partial charge in [-0.1, -0.05) is 26.5 Å². The summed E-state index contributed by atoms with van der Waals surface area (Å²) in [6.07, 6.45) is 6.60. The van der Waals surface area contributed by atoms with Crippen LogP contribution in [0.25, 0.3) is 0 Å². The van der Waals surface area contributed by atoms with E-state index in [4.69, 9.17) is 18.5 Å². The molecule has 0 unspecified atom stereocenters. The van der Waals surface area contributed by atoms with Crippen LogP contribution < -0.4 is 0 Å². The Labute approximate surface area is 181 Å². The zero-order chi connectivity index (χ0) is 22.8. The van der Waals surface area contributed by atoms with E-state index in [0.717, 1.165) is 51.4 Å². The van der Waals surface area contributed by atoms with Gasteiger partial charge in [-0.25, -0.2) is 9.59 Å². The van der Waals surface area contributed by atoms with Gasteiger partial charge in [-0.3, -0.25) is 4.57 Å². The van der Waals surface area contributed by atoms with Crippen molar-refractivity contribution in [2.45, 2.75) is 72.1 Å². The smallest absolute Gasteiger partial charge is 0.333 e. The number of ether oxygens (including phenoxy) is 2. The van der Waals surface area contributed by atoms with Crippen LogP contribution in [0.4, 0.5) is 0 Å². The third-order valence-electron chi connectivity index (χ3n) is 4.10. The van der Waals surface area contributed by atoms with Crippen molar-refractivity contribution in [3.8, 4) is 0 Å². The van der Waals surface area contributed by atoms with Crippen LogP contribution in [0, 0.1) is 0 Å². The lowest BCUT2D eigenvalue weighted by molar-refractivity contribution is -0.139. The standard InChI is InChI=1S/C22H39O7P/c1-6-7-18-30(25,28-16-12-8-10-14-26-21(23)19(2)3)29-17-13-9-11-15-27-22(24)20(4)5/h2,4,6-18H2,1,3,5H3. The zero-order valence-electron chi connectivity index (χ0n) is 18.9. The summed E-state index contributed by atoms with van der Waals surface area (Å²) in [4.78, 5) is 22.6. The van der Waals surface area contributed by atoms with Crippen molar-refractivity contribution < 1.29 is 32.7 Å². The van der Waals surface area contributed by atoms with E-state index in [1.165, 1.54) is 0 Å². The minimum absolute atomic E-state index is 0.345.